The lowest BCUT2D eigenvalue weighted by Gasteiger charge is -2.27. The van der Waals surface area contributed by atoms with Gasteiger partial charge in [0.25, 0.3) is 5.89 Å². The molecular formula is C12H15N5O2. The van der Waals surface area contributed by atoms with E-state index in [2.05, 4.69) is 20.0 Å². The monoisotopic (exact) mass is 261 g/mol. The molecule has 3 rings (SSSR count). The van der Waals surface area contributed by atoms with E-state index in [4.69, 9.17) is 15.0 Å². The predicted octanol–water partition coefficient (Wildman–Crippen LogP) is 0.717. The minimum atomic E-state index is -0.141. The smallest absolute Gasteiger partial charge is 0.259 e. The van der Waals surface area contributed by atoms with Crippen LogP contribution >= 0.6 is 0 Å². The van der Waals surface area contributed by atoms with E-state index >= 15 is 0 Å². The molecule has 2 aromatic heterocycles. The van der Waals surface area contributed by atoms with E-state index in [1.54, 1.807) is 18.3 Å². The summed E-state index contributed by atoms with van der Waals surface area (Å²) in [6.45, 7) is 2.36. The normalized spacial score (nSPS) is 20.6. The number of rotatable bonds is 2. The van der Waals surface area contributed by atoms with Gasteiger partial charge in [-0.15, -0.1) is 0 Å². The van der Waals surface area contributed by atoms with Crippen LogP contribution < -0.4 is 5.73 Å². The van der Waals surface area contributed by atoms with Crippen molar-refractivity contribution in [1.29, 1.82) is 0 Å². The average molecular weight is 261 g/mol. The SMILES string of the molecule is CN1CCOC(c2noc(-c3ccc(N)nc3)n2)C1. The number of nitrogen functional groups attached to an aromatic ring is 1. The van der Waals surface area contributed by atoms with Crippen LogP contribution in [0.15, 0.2) is 22.9 Å². The number of morpholine rings is 1. The van der Waals surface area contributed by atoms with E-state index in [1.807, 2.05) is 7.05 Å². The van der Waals surface area contributed by atoms with E-state index < -0.39 is 0 Å². The van der Waals surface area contributed by atoms with E-state index in [0.717, 1.165) is 18.7 Å². The number of hydrogen-bond acceptors (Lipinski definition) is 7. The highest BCUT2D eigenvalue weighted by Crippen LogP contribution is 2.23. The molecule has 0 amide bonds. The third-order valence-corrected chi connectivity index (χ3v) is 3.03. The number of anilines is 1. The summed E-state index contributed by atoms with van der Waals surface area (Å²) in [5, 5.41) is 3.98. The maximum Gasteiger partial charge on any atom is 0.259 e. The Bertz CT molecular complexity index is 554. The van der Waals surface area contributed by atoms with Gasteiger partial charge in [0.2, 0.25) is 5.82 Å². The second-order valence-electron chi connectivity index (χ2n) is 4.55. The predicted molar refractivity (Wildman–Crippen MR) is 68.1 cm³/mol. The van der Waals surface area contributed by atoms with Crippen molar-refractivity contribution in [3.8, 4) is 11.5 Å². The minimum Gasteiger partial charge on any atom is -0.384 e. The molecule has 0 spiro atoms. The summed E-state index contributed by atoms with van der Waals surface area (Å²) < 4.78 is 10.9. The van der Waals surface area contributed by atoms with Gasteiger partial charge in [-0.05, 0) is 19.2 Å². The van der Waals surface area contributed by atoms with Gasteiger partial charge >= 0.3 is 0 Å². The molecule has 3 heterocycles. The van der Waals surface area contributed by atoms with Gasteiger partial charge in [0, 0.05) is 19.3 Å². The summed E-state index contributed by atoms with van der Waals surface area (Å²) in [5.74, 6) is 1.46. The lowest BCUT2D eigenvalue weighted by Crippen LogP contribution is -2.35. The van der Waals surface area contributed by atoms with Gasteiger partial charge in [-0.25, -0.2) is 4.98 Å². The highest BCUT2D eigenvalue weighted by molar-refractivity contribution is 5.53. The third kappa shape index (κ3) is 2.56. The van der Waals surface area contributed by atoms with Gasteiger partial charge in [0.05, 0.1) is 12.2 Å². The summed E-state index contributed by atoms with van der Waals surface area (Å²) in [7, 11) is 2.04. The summed E-state index contributed by atoms with van der Waals surface area (Å²) in [6, 6.07) is 3.50. The first-order valence-corrected chi connectivity index (χ1v) is 6.08. The van der Waals surface area contributed by atoms with Gasteiger partial charge in [0.1, 0.15) is 11.9 Å². The quantitative estimate of drug-likeness (QED) is 0.851. The first kappa shape index (κ1) is 12.1. The van der Waals surface area contributed by atoms with Crippen molar-refractivity contribution in [2.45, 2.75) is 6.10 Å². The number of hydrogen-bond donors (Lipinski definition) is 1. The Morgan fingerprint density at radius 2 is 2.32 bits per heavy atom. The molecule has 7 heteroatoms. The molecule has 1 saturated heterocycles. The van der Waals surface area contributed by atoms with Crippen LogP contribution in [0.2, 0.25) is 0 Å². The first-order valence-electron chi connectivity index (χ1n) is 6.08. The van der Waals surface area contributed by atoms with Crippen molar-refractivity contribution in [1.82, 2.24) is 20.0 Å². The number of pyridine rings is 1. The molecule has 7 nitrogen and oxygen atoms in total. The van der Waals surface area contributed by atoms with Crippen molar-refractivity contribution >= 4 is 5.82 Å². The minimum absolute atomic E-state index is 0.141. The molecule has 0 bridgehead atoms. The van der Waals surface area contributed by atoms with Crippen LogP contribution in [-0.2, 0) is 4.74 Å². The van der Waals surface area contributed by atoms with Crippen LogP contribution in [0, 0.1) is 0 Å². The fourth-order valence-corrected chi connectivity index (χ4v) is 1.95. The highest BCUT2D eigenvalue weighted by atomic mass is 16.5. The summed E-state index contributed by atoms with van der Waals surface area (Å²) in [6.07, 6.45) is 1.47. The van der Waals surface area contributed by atoms with Crippen molar-refractivity contribution in [3.05, 3.63) is 24.2 Å². The van der Waals surface area contributed by atoms with Crippen LogP contribution in [0.1, 0.15) is 11.9 Å². The Morgan fingerprint density at radius 3 is 3.05 bits per heavy atom. The molecule has 0 radical (unpaired) electrons. The lowest BCUT2D eigenvalue weighted by molar-refractivity contribution is -0.0264. The van der Waals surface area contributed by atoms with Crippen molar-refractivity contribution in [2.24, 2.45) is 0 Å². The first-order chi connectivity index (χ1) is 9.22. The number of nitrogens with zero attached hydrogens (tertiary/aromatic N) is 4. The molecule has 2 N–H and O–H groups in total. The largest absolute Gasteiger partial charge is 0.384 e. The number of ether oxygens (including phenoxy) is 1. The van der Waals surface area contributed by atoms with Crippen molar-refractivity contribution < 1.29 is 9.26 Å². The zero-order valence-corrected chi connectivity index (χ0v) is 10.6. The lowest BCUT2D eigenvalue weighted by atomic mass is 10.2. The standard InChI is InChI=1S/C12H15N5O2/c1-17-4-5-18-9(7-17)11-15-12(19-16-11)8-2-3-10(13)14-6-8/h2-3,6,9H,4-5,7H2,1H3,(H2,13,14). The molecule has 0 aromatic carbocycles. The number of aromatic nitrogens is 3. The van der Waals surface area contributed by atoms with Crippen LogP contribution in [0.5, 0.6) is 0 Å². The Balaban J connectivity index is 1.81. The molecule has 1 fully saturated rings. The van der Waals surface area contributed by atoms with E-state index in [-0.39, 0.29) is 6.10 Å². The zero-order valence-electron chi connectivity index (χ0n) is 10.6. The van der Waals surface area contributed by atoms with Crippen LogP contribution in [0.3, 0.4) is 0 Å². The molecular weight excluding hydrogens is 246 g/mol. The maximum atomic E-state index is 5.64. The Morgan fingerprint density at radius 1 is 1.42 bits per heavy atom. The summed E-state index contributed by atoms with van der Waals surface area (Å²) >= 11 is 0. The molecule has 0 saturated carbocycles. The van der Waals surface area contributed by atoms with Gasteiger partial charge in [-0.3, -0.25) is 0 Å². The second kappa shape index (κ2) is 4.94. The Hall–Kier alpha value is -1.99. The Labute approximate surface area is 110 Å². The van der Waals surface area contributed by atoms with Gasteiger partial charge in [0.15, 0.2) is 0 Å². The molecule has 100 valence electrons. The van der Waals surface area contributed by atoms with Gasteiger partial charge in [-0.2, -0.15) is 4.98 Å². The second-order valence-corrected chi connectivity index (χ2v) is 4.55. The fraction of sp³-hybridized carbons (Fsp3) is 0.417. The number of nitrogens with two attached hydrogens (primary N) is 1. The molecule has 1 aliphatic heterocycles. The summed E-state index contributed by atoms with van der Waals surface area (Å²) in [4.78, 5) is 10.5. The topological polar surface area (TPSA) is 90.3 Å². The van der Waals surface area contributed by atoms with Gasteiger partial charge < -0.3 is 19.9 Å². The highest BCUT2D eigenvalue weighted by Gasteiger charge is 2.24. The van der Waals surface area contributed by atoms with E-state index in [0.29, 0.717) is 24.1 Å². The average Bonchev–Trinajstić information content (AvgIpc) is 2.89. The molecule has 2 aromatic rings. The van der Waals surface area contributed by atoms with E-state index in [9.17, 15) is 0 Å². The van der Waals surface area contributed by atoms with Crippen molar-refractivity contribution in [3.63, 3.8) is 0 Å². The van der Waals surface area contributed by atoms with Gasteiger partial charge in [-0.1, -0.05) is 5.16 Å². The zero-order chi connectivity index (χ0) is 13.2. The molecule has 19 heavy (non-hydrogen) atoms. The third-order valence-electron chi connectivity index (χ3n) is 3.03. The van der Waals surface area contributed by atoms with Crippen LogP contribution in [0.4, 0.5) is 5.82 Å². The Kier molecular flexibility index (Phi) is 3.14. The van der Waals surface area contributed by atoms with Crippen LogP contribution in [0.25, 0.3) is 11.5 Å². The van der Waals surface area contributed by atoms with E-state index in [1.165, 1.54) is 0 Å². The molecule has 0 aliphatic carbocycles. The fourth-order valence-electron chi connectivity index (χ4n) is 1.95. The van der Waals surface area contributed by atoms with Crippen LogP contribution in [-0.4, -0.2) is 46.8 Å². The molecule has 1 atom stereocenters. The molecule has 1 aliphatic rings. The number of likely N-dealkylation sites (N-methyl/N-ethyl adjacent to an activating group) is 1. The molecule has 1 unspecified atom stereocenters. The maximum absolute atomic E-state index is 5.64. The summed E-state index contributed by atoms with van der Waals surface area (Å²) in [5.41, 5.74) is 6.29. The van der Waals surface area contributed by atoms with Crippen molar-refractivity contribution in [2.75, 3.05) is 32.5 Å².